The molecular weight excluding hydrogens is 258 g/mol. The number of rotatable bonds is 3. The van der Waals surface area contributed by atoms with E-state index in [1.165, 1.54) is 7.11 Å². The summed E-state index contributed by atoms with van der Waals surface area (Å²) in [6.07, 6.45) is 0. The van der Waals surface area contributed by atoms with Gasteiger partial charge in [-0.3, -0.25) is 4.79 Å². The molecule has 0 amide bonds. The Balaban J connectivity index is 2.91. The molecule has 0 atom stereocenters. The molecule has 5 nitrogen and oxygen atoms in total. The molecule has 2 aromatic rings. The summed E-state index contributed by atoms with van der Waals surface area (Å²) in [5.41, 5.74) is 1.46. The van der Waals surface area contributed by atoms with Crippen LogP contribution in [-0.2, 0) is 4.74 Å². The predicted molar refractivity (Wildman–Crippen MR) is 76.1 cm³/mol. The lowest BCUT2D eigenvalue weighted by molar-refractivity contribution is 0.0521. The van der Waals surface area contributed by atoms with Gasteiger partial charge in [-0.15, -0.1) is 4.73 Å². The van der Waals surface area contributed by atoms with Crippen molar-refractivity contribution in [2.24, 2.45) is 0 Å². The third kappa shape index (κ3) is 2.15. The van der Waals surface area contributed by atoms with Crippen molar-refractivity contribution >= 4 is 16.7 Å². The van der Waals surface area contributed by atoms with Gasteiger partial charge in [0.1, 0.15) is 7.11 Å². The van der Waals surface area contributed by atoms with Gasteiger partial charge in [-0.05, 0) is 26.8 Å². The van der Waals surface area contributed by atoms with Crippen molar-refractivity contribution in [3.63, 3.8) is 0 Å². The smallest absolute Gasteiger partial charge is 0.340 e. The molecule has 5 heteroatoms. The molecule has 106 valence electrons. The summed E-state index contributed by atoms with van der Waals surface area (Å²) in [4.78, 5) is 29.6. The Morgan fingerprint density at radius 3 is 2.55 bits per heavy atom. The molecule has 0 fully saturated rings. The first-order valence-electron chi connectivity index (χ1n) is 6.38. The second-order valence-electron chi connectivity index (χ2n) is 4.51. The van der Waals surface area contributed by atoms with E-state index in [0.717, 1.165) is 10.3 Å². The van der Waals surface area contributed by atoms with E-state index in [9.17, 15) is 9.59 Å². The van der Waals surface area contributed by atoms with Gasteiger partial charge in [-0.1, -0.05) is 17.7 Å². The van der Waals surface area contributed by atoms with Crippen LogP contribution in [0.3, 0.4) is 0 Å². The number of pyridine rings is 1. The van der Waals surface area contributed by atoms with Crippen LogP contribution in [0.15, 0.2) is 23.0 Å². The van der Waals surface area contributed by atoms with Gasteiger partial charge in [0.15, 0.2) is 0 Å². The monoisotopic (exact) mass is 275 g/mol. The minimum Gasteiger partial charge on any atom is -0.462 e. The normalized spacial score (nSPS) is 10.6. The standard InChI is InChI=1S/C15H17NO4/c1-5-20-15(18)13-10(3)16(19-4)14(17)12-8-9(2)6-7-11(12)13/h6-8H,5H2,1-4H3. The molecule has 0 aliphatic rings. The van der Waals surface area contributed by atoms with Crippen LogP contribution in [0.25, 0.3) is 10.8 Å². The average molecular weight is 275 g/mol. The van der Waals surface area contributed by atoms with Crippen LogP contribution < -0.4 is 10.4 Å². The number of aryl methyl sites for hydroxylation is 1. The zero-order valence-electron chi connectivity index (χ0n) is 12.0. The number of aromatic nitrogens is 1. The number of carbonyl (C=O) groups excluding carboxylic acids is 1. The first kappa shape index (κ1) is 14.1. The summed E-state index contributed by atoms with van der Waals surface area (Å²) in [6.45, 7) is 5.57. The number of fused-ring (bicyclic) bond motifs is 1. The maximum atomic E-state index is 12.4. The van der Waals surface area contributed by atoms with Crippen LogP contribution in [-0.4, -0.2) is 24.4 Å². The minimum atomic E-state index is -0.454. The van der Waals surface area contributed by atoms with Crippen molar-refractivity contribution in [2.45, 2.75) is 20.8 Å². The number of ether oxygens (including phenoxy) is 1. The number of esters is 1. The summed E-state index contributed by atoms with van der Waals surface area (Å²) < 4.78 is 6.20. The maximum absolute atomic E-state index is 12.4. The first-order valence-corrected chi connectivity index (χ1v) is 6.38. The largest absolute Gasteiger partial charge is 0.462 e. The number of benzene rings is 1. The molecule has 0 aliphatic carbocycles. The molecule has 2 rings (SSSR count). The Labute approximate surface area is 116 Å². The molecule has 0 aliphatic heterocycles. The number of hydrogen-bond acceptors (Lipinski definition) is 4. The minimum absolute atomic E-state index is 0.276. The summed E-state index contributed by atoms with van der Waals surface area (Å²) in [6, 6.07) is 5.38. The molecule has 0 spiro atoms. The number of hydrogen-bond donors (Lipinski definition) is 0. The van der Waals surface area contributed by atoms with Crippen molar-refractivity contribution in [1.29, 1.82) is 0 Å². The Hall–Kier alpha value is -2.30. The lowest BCUT2D eigenvalue weighted by Gasteiger charge is -2.15. The predicted octanol–water partition coefficient (Wildman–Crippen LogP) is 1.85. The van der Waals surface area contributed by atoms with Gasteiger partial charge in [0.2, 0.25) is 0 Å². The van der Waals surface area contributed by atoms with Crippen LogP contribution in [0.5, 0.6) is 0 Å². The van der Waals surface area contributed by atoms with E-state index >= 15 is 0 Å². The van der Waals surface area contributed by atoms with Gasteiger partial charge in [0.05, 0.1) is 23.3 Å². The third-order valence-electron chi connectivity index (χ3n) is 3.19. The fourth-order valence-electron chi connectivity index (χ4n) is 2.29. The average Bonchev–Trinajstić information content (AvgIpc) is 2.40. The molecule has 0 N–H and O–H groups in total. The van der Waals surface area contributed by atoms with Gasteiger partial charge < -0.3 is 9.57 Å². The molecule has 0 bridgehead atoms. The van der Waals surface area contributed by atoms with Crippen molar-refractivity contribution in [3.05, 3.63) is 45.4 Å². The highest BCUT2D eigenvalue weighted by Gasteiger charge is 2.20. The zero-order chi connectivity index (χ0) is 14.9. The van der Waals surface area contributed by atoms with Crippen LogP contribution in [0.2, 0.25) is 0 Å². The molecular formula is C15H17NO4. The fourth-order valence-corrected chi connectivity index (χ4v) is 2.29. The summed E-state index contributed by atoms with van der Waals surface area (Å²) >= 11 is 0. The topological polar surface area (TPSA) is 57.5 Å². The molecule has 0 saturated heterocycles. The van der Waals surface area contributed by atoms with E-state index in [-0.39, 0.29) is 12.2 Å². The van der Waals surface area contributed by atoms with Crippen molar-refractivity contribution in [2.75, 3.05) is 13.7 Å². The van der Waals surface area contributed by atoms with Gasteiger partial charge in [-0.25, -0.2) is 4.79 Å². The lowest BCUT2D eigenvalue weighted by Crippen LogP contribution is -2.29. The van der Waals surface area contributed by atoms with Crippen LogP contribution >= 0.6 is 0 Å². The summed E-state index contributed by atoms with van der Waals surface area (Å²) in [5, 5.41) is 1.03. The van der Waals surface area contributed by atoms with E-state index in [0.29, 0.717) is 22.0 Å². The molecule has 1 heterocycles. The summed E-state index contributed by atoms with van der Waals surface area (Å²) in [7, 11) is 1.39. The highest BCUT2D eigenvalue weighted by Crippen LogP contribution is 2.21. The first-order chi connectivity index (χ1) is 9.51. The van der Waals surface area contributed by atoms with E-state index in [1.807, 2.05) is 13.0 Å². The Morgan fingerprint density at radius 2 is 1.95 bits per heavy atom. The number of nitrogens with zero attached hydrogens (tertiary/aromatic N) is 1. The van der Waals surface area contributed by atoms with E-state index < -0.39 is 5.97 Å². The lowest BCUT2D eigenvalue weighted by atomic mass is 10.0. The Kier molecular flexibility index (Phi) is 3.79. The Morgan fingerprint density at radius 1 is 1.25 bits per heavy atom. The number of carbonyl (C=O) groups is 1. The molecule has 1 aromatic carbocycles. The van der Waals surface area contributed by atoms with E-state index in [2.05, 4.69) is 0 Å². The van der Waals surface area contributed by atoms with Gasteiger partial charge in [0.25, 0.3) is 5.56 Å². The second-order valence-corrected chi connectivity index (χ2v) is 4.51. The van der Waals surface area contributed by atoms with Gasteiger partial charge in [-0.2, -0.15) is 0 Å². The summed E-state index contributed by atoms with van der Waals surface area (Å²) in [5.74, 6) is -0.454. The Bertz CT molecular complexity index is 731. The van der Waals surface area contributed by atoms with Crippen molar-refractivity contribution in [3.8, 4) is 0 Å². The van der Waals surface area contributed by atoms with Crippen LogP contribution in [0, 0.1) is 13.8 Å². The van der Waals surface area contributed by atoms with Crippen molar-refractivity contribution in [1.82, 2.24) is 4.73 Å². The van der Waals surface area contributed by atoms with Crippen LogP contribution in [0.4, 0.5) is 0 Å². The fraction of sp³-hybridized carbons (Fsp3) is 0.333. The van der Waals surface area contributed by atoms with Crippen molar-refractivity contribution < 1.29 is 14.4 Å². The third-order valence-corrected chi connectivity index (χ3v) is 3.19. The quantitative estimate of drug-likeness (QED) is 0.802. The molecule has 1 aromatic heterocycles. The second kappa shape index (κ2) is 5.36. The molecule has 0 unspecified atom stereocenters. The SMILES string of the molecule is CCOC(=O)c1c(C)n(OC)c(=O)c2cc(C)ccc12. The maximum Gasteiger partial charge on any atom is 0.340 e. The van der Waals surface area contributed by atoms with Gasteiger partial charge >= 0.3 is 5.97 Å². The molecule has 0 saturated carbocycles. The van der Waals surface area contributed by atoms with E-state index in [4.69, 9.17) is 9.57 Å². The molecule has 0 radical (unpaired) electrons. The van der Waals surface area contributed by atoms with E-state index in [1.54, 1.807) is 26.0 Å². The van der Waals surface area contributed by atoms with Crippen LogP contribution in [0.1, 0.15) is 28.5 Å². The highest BCUT2D eigenvalue weighted by atomic mass is 16.6. The highest BCUT2D eigenvalue weighted by molar-refractivity contribution is 6.05. The van der Waals surface area contributed by atoms with Gasteiger partial charge in [0, 0.05) is 5.39 Å². The zero-order valence-corrected chi connectivity index (χ0v) is 12.0. The molecule has 20 heavy (non-hydrogen) atoms.